The first-order chi connectivity index (χ1) is 9.06. The van der Waals surface area contributed by atoms with Gasteiger partial charge in [-0.05, 0) is 37.1 Å². The highest BCUT2D eigenvalue weighted by molar-refractivity contribution is 9.10. The number of carbonyl (C=O) groups is 2. The molecule has 0 N–H and O–H groups in total. The molecule has 1 aliphatic carbocycles. The second kappa shape index (κ2) is 6.10. The molecular formula is C14H12BrFO3. The standard InChI is InChI=1S/C14H12BrFO3/c15-10-5-6-11(16)9(8-10)4-7-14(18)19-13-3-1-2-12(13)17/h4-8,13H,1-3H2/b7-4+/t13-/m0/s1. The molecule has 1 fully saturated rings. The van der Waals surface area contributed by atoms with Gasteiger partial charge in [0.2, 0.25) is 0 Å². The van der Waals surface area contributed by atoms with Crippen LogP contribution in [0.4, 0.5) is 4.39 Å². The minimum absolute atomic E-state index is 0.0459. The van der Waals surface area contributed by atoms with Crippen LogP contribution in [0.25, 0.3) is 6.08 Å². The van der Waals surface area contributed by atoms with E-state index in [0.717, 1.165) is 12.5 Å². The summed E-state index contributed by atoms with van der Waals surface area (Å²) in [4.78, 5) is 22.8. The van der Waals surface area contributed by atoms with E-state index in [1.54, 1.807) is 12.1 Å². The molecule has 5 heteroatoms. The van der Waals surface area contributed by atoms with Crippen LogP contribution in [0.3, 0.4) is 0 Å². The summed E-state index contributed by atoms with van der Waals surface area (Å²) in [6, 6.07) is 4.43. The second-order valence-corrected chi connectivity index (χ2v) is 5.20. The Kier molecular flexibility index (Phi) is 4.47. The van der Waals surface area contributed by atoms with Gasteiger partial charge in [0, 0.05) is 22.5 Å². The summed E-state index contributed by atoms with van der Waals surface area (Å²) >= 11 is 3.22. The lowest BCUT2D eigenvalue weighted by atomic mass is 10.2. The quantitative estimate of drug-likeness (QED) is 0.632. The van der Waals surface area contributed by atoms with Crippen LogP contribution in [0.2, 0.25) is 0 Å². The number of benzene rings is 1. The molecule has 0 spiro atoms. The van der Waals surface area contributed by atoms with Crippen LogP contribution in [-0.4, -0.2) is 17.9 Å². The molecule has 0 amide bonds. The average Bonchev–Trinajstić information content (AvgIpc) is 2.76. The van der Waals surface area contributed by atoms with Crippen LogP contribution in [0, 0.1) is 5.82 Å². The average molecular weight is 327 g/mol. The molecule has 0 unspecified atom stereocenters. The molecule has 19 heavy (non-hydrogen) atoms. The van der Waals surface area contributed by atoms with Crippen LogP contribution in [0.15, 0.2) is 28.7 Å². The fourth-order valence-corrected chi connectivity index (χ4v) is 2.27. The first-order valence-electron chi connectivity index (χ1n) is 5.93. The predicted molar refractivity (Wildman–Crippen MR) is 71.9 cm³/mol. The Morgan fingerprint density at radius 2 is 2.26 bits per heavy atom. The Balaban J connectivity index is 2.00. The topological polar surface area (TPSA) is 43.4 Å². The number of Topliss-reactive ketones (excluding diaryl/α,β-unsaturated/α-hetero) is 1. The van der Waals surface area contributed by atoms with Crippen LogP contribution in [-0.2, 0) is 14.3 Å². The Hall–Kier alpha value is -1.49. The van der Waals surface area contributed by atoms with Crippen molar-refractivity contribution in [3.8, 4) is 0 Å². The Bertz CT molecular complexity index is 539. The van der Waals surface area contributed by atoms with Gasteiger partial charge in [0.1, 0.15) is 5.82 Å². The largest absolute Gasteiger partial charge is 0.451 e. The van der Waals surface area contributed by atoms with E-state index < -0.39 is 17.9 Å². The highest BCUT2D eigenvalue weighted by atomic mass is 79.9. The smallest absolute Gasteiger partial charge is 0.331 e. The summed E-state index contributed by atoms with van der Waals surface area (Å²) in [5.74, 6) is -1.10. The third-order valence-corrected chi connectivity index (χ3v) is 3.36. The van der Waals surface area contributed by atoms with E-state index in [0.29, 0.717) is 17.3 Å². The number of ether oxygens (including phenoxy) is 1. The molecule has 0 heterocycles. The summed E-state index contributed by atoms with van der Waals surface area (Å²) in [7, 11) is 0. The highest BCUT2D eigenvalue weighted by Crippen LogP contribution is 2.19. The van der Waals surface area contributed by atoms with Gasteiger partial charge in [0.05, 0.1) is 0 Å². The van der Waals surface area contributed by atoms with E-state index in [4.69, 9.17) is 4.74 Å². The zero-order valence-electron chi connectivity index (χ0n) is 10.1. The summed E-state index contributed by atoms with van der Waals surface area (Å²) in [5, 5.41) is 0. The molecule has 1 atom stereocenters. The van der Waals surface area contributed by atoms with E-state index in [1.807, 2.05) is 0 Å². The van der Waals surface area contributed by atoms with Crippen molar-refractivity contribution in [2.75, 3.05) is 0 Å². The molecule has 0 saturated heterocycles. The van der Waals surface area contributed by atoms with Gasteiger partial charge in [-0.25, -0.2) is 9.18 Å². The first-order valence-corrected chi connectivity index (χ1v) is 6.72. The molecule has 0 bridgehead atoms. The van der Waals surface area contributed by atoms with Gasteiger partial charge in [-0.3, -0.25) is 4.79 Å². The number of halogens is 2. The molecule has 100 valence electrons. The monoisotopic (exact) mass is 326 g/mol. The van der Waals surface area contributed by atoms with Crippen molar-refractivity contribution in [2.24, 2.45) is 0 Å². The summed E-state index contributed by atoms with van der Waals surface area (Å²) in [5.41, 5.74) is 0.282. The molecule has 1 aromatic carbocycles. The van der Waals surface area contributed by atoms with Gasteiger partial charge in [0.15, 0.2) is 11.9 Å². The molecular weight excluding hydrogens is 315 g/mol. The van der Waals surface area contributed by atoms with Crippen molar-refractivity contribution in [2.45, 2.75) is 25.4 Å². The van der Waals surface area contributed by atoms with Crippen molar-refractivity contribution in [3.63, 3.8) is 0 Å². The van der Waals surface area contributed by atoms with Crippen LogP contribution in [0.1, 0.15) is 24.8 Å². The Morgan fingerprint density at radius 3 is 2.95 bits per heavy atom. The van der Waals surface area contributed by atoms with Gasteiger partial charge < -0.3 is 4.74 Å². The SMILES string of the molecule is O=C(/C=C/c1cc(Br)ccc1F)O[C@H]1CCCC1=O. The number of ketones is 1. The minimum atomic E-state index is -0.635. The van der Waals surface area contributed by atoms with Gasteiger partial charge in [-0.2, -0.15) is 0 Å². The van der Waals surface area contributed by atoms with Crippen LogP contribution < -0.4 is 0 Å². The van der Waals surface area contributed by atoms with Crippen molar-refractivity contribution in [1.29, 1.82) is 0 Å². The van der Waals surface area contributed by atoms with E-state index in [2.05, 4.69) is 15.9 Å². The molecule has 0 radical (unpaired) electrons. The third kappa shape index (κ3) is 3.73. The summed E-state index contributed by atoms with van der Waals surface area (Å²) < 4.78 is 19.1. The lowest BCUT2D eigenvalue weighted by Crippen LogP contribution is -2.20. The second-order valence-electron chi connectivity index (χ2n) is 4.28. The van der Waals surface area contributed by atoms with Crippen LogP contribution in [0.5, 0.6) is 0 Å². The maximum atomic E-state index is 13.4. The van der Waals surface area contributed by atoms with Crippen molar-refractivity contribution in [3.05, 3.63) is 40.1 Å². The van der Waals surface area contributed by atoms with Crippen molar-refractivity contribution < 1.29 is 18.7 Å². The van der Waals surface area contributed by atoms with E-state index >= 15 is 0 Å². The highest BCUT2D eigenvalue weighted by Gasteiger charge is 2.27. The summed E-state index contributed by atoms with van der Waals surface area (Å²) in [6.45, 7) is 0. The first kappa shape index (κ1) is 13.9. The van der Waals surface area contributed by atoms with E-state index in [-0.39, 0.29) is 11.3 Å². The molecule has 1 aliphatic rings. The number of rotatable bonds is 3. The Morgan fingerprint density at radius 1 is 1.47 bits per heavy atom. The van der Waals surface area contributed by atoms with E-state index in [1.165, 1.54) is 12.1 Å². The fraction of sp³-hybridized carbons (Fsp3) is 0.286. The van der Waals surface area contributed by atoms with Crippen molar-refractivity contribution >= 4 is 33.8 Å². The Labute approximate surface area is 118 Å². The zero-order chi connectivity index (χ0) is 13.8. The third-order valence-electron chi connectivity index (χ3n) is 2.86. The molecule has 2 rings (SSSR count). The van der Waals surface area contributed by atoms with Crippen molar-refractivity contribution in [1.82, 2.24) is 0 Å². The molecule has 0 aliphatic heterocycles. The van der Waals surface area contributed by atoms with Gasteiger partial charge in [-0.15, -0.1) is 0 Å². The maximum Gasteiger partial charge on any atom is 0.331 e. The number of hydrogen-bond donors (Lipinski definition) is 0. The normalized spacial score (nSPS) is 19.1. The molecule has 3 nitrogen and oxygen atoms in total. The lowest BCUT2D eigenvalue weighted by Gasteiger charge is -2.07. The van der Waals surface area contributed by atoms with Gasteiger partial charge in [0.25, 0.3) is 0 Å². The van der Waals surface area contributed by atoms with Gasteiger partial charge >= 0.3 is 5.97 Å². The predicted octanol–water partition coefficient (Wildman–Crippen LogP) is 3.27. The molecule has 1 aromatic rings. The molecule has 1 saturated carbocycles. The number of carbonyl (C=O) groups excluding carboxylic acids is 2. The van der Waals surface area contributed by atoms with Crippen LogP contribution >= 0.6 is 15.9 Å². The maximum absolute atomic E-state index is 13.4. The van der Waals surface area contributed by atoms with E-state index in [9.17, 15) is 14.0 Å². The fourth-order valence-electron chi connectivity index (χ4n) is 1.89. The summed E-state index contributed by atoms with van der Waals surface area (Å²) in [6.07, 6.45) is 3.62. The lowest BCUT2D eigenvalue weighted by molar-refractivity contribution is -0.148. The van der Waals surface area contributed by atoms with Gasteiger partial charge in [-0.1, -0.05) is 15.9 Å². The number of esters is 1. The molecule has 0 aromatic heterocycles. The number of hydrogen-bond acceptors (Lipinski definition) is 3. The zero-order valence-corrected chi connectivity index (χ0v) is 11.7. The minimum Gasteiger partial charge on any atom is -0.451 e.